The Morgan fingerprint density at radius 3 is 2.77 bits per heavy atom. The average molecular weight is 337 g/mol. The third kappa shape index (κ3) is 3.79. The first-order valence-corrected chi connectivity index (χ1v) is 5.90. The third-order valence-electron chi connectivity index (χ3n) is 2.24. The van der Waals surface area contributed by atoms with E-state index in [1.807, 2.05) is 0 Å². The molecule has 1 aromatic carbocycles. The van der Waals surface area contributed by atoms with Crippen molar-refractivity contribution in [2.75, 3.05) is 12.4 Å². The minimum atomic E-state index is -4.87. The first-order chi connectivity index (χ1) is 10.3. The predicted octanol–water partition coefficient (Wildman–Crippen LogP) is 3.41. The molecule has 1 heterocycles. The van der Waals surface area contributed by atoms with E-state index in [-0.39, 0.29) is 28.2 Å². The number of rotatable bonds is 3. The lowest BCUT2D eigenvalue weighted by molar-refractivity contribution is -0.274. The van der Waals surface area contributed by atoms with E-state index in [0.717, 1.165) is 6.07 Å². The highest BCUT2D eigenvalue weighted by Crippen LogP contribution is 2.34. The second-order valence-corrected chi connectivity index (χ2v) is 4.10. The van der Waals surface area contributed by atoms with Gasteiger partial charge in [-0.2, -0.15) is 10.1 Å². The molecule has 11 heteroatoms. The molecule has 0 aliphatic carbocycles. The summed E-state index contributed by atoms with van der Waals surface area (Å²) in [6, 6.07) is 1.99. The zero-order valence-electron chi connectivity index (χ0n) is 10.9. The van der Waals surface area contributed by atoms with Crippen LogP contribution in [0.2, 0.25) is 5.02 Å². The Bertz CT molecular complexity index is 729. The molecule has 2 rings (SSSR count). The molecule has 0 aliphatic heterocycles. The minimum Gasteiger partial charge on any atom is -0.467 e. The lowest BCUT2D eigenvalue weighted by atomic mass is 10.3. The van der Waals surface area contributed by atoms with Crippen LogP contribution in [0.1, 0.15) is 0 Å². The minimum absolute atomic E-state index is 0.0214. The maximum Gasteiger partial charge on any atom is 0.573 e. The van der Waals surface area contributed by atoms with Crippen LogP contribution in [0, 0.1) is 0 Å². The molecule has 0 saturated heterocycles. The molecule has 118 valence electrons. The number of nitrogens with zero attached hydrogens (tertiary/aromatic N) is 3. The topological polar surface area (TPSA) is 81.2 Å². The van der Waals surface area contributed by atoms with Crippen LogP contribution in [-0.2, 0) is 4.74 Å². The number of anilines is 1. The number of alkyl halides is 3. The zero-order valence-corrected chi connectivity index (χ0v) is 11.7. The molecule has 0 saturated carbocycles. The Morgan fingerprint density at radius 2 is 2.18 bits per heavy atom. The normalized spacial score (nSPS) is 12.3. The number of halogens is 4. The maximum absolute atomic E-state index is 12.2. The molecule has 0 unspecified atom stereocenters. The fraction of sp³-hybridized carbons (Fsp3) is 0.182. The van der Waals surface area contributed by atoms with Gasteiger partial charge in [0.1, 0.15) is 5.52 Å². The SMILES string of the molecule is C=N/N=C(/Nc1nc2cc(Cl)c(OC(F)(F)F)cc2o1)OC. The lowest BCUT2D eigenvalue weighted by Gasteiger charge is -2.09. The number of fused-ring (bicyclic) bond motifs is 1. The summed E-state index contributed by atoms with van der Waals surface area (Å²) in [5, 5.41) is 8.98. The van der Waals surface area contributed by atoms with Crippen LogP contribution < -0.4 is 10.1 Å². The van der Waals surface area contributed by atoms with Gasteiger partial charge >= 0.3 is 18.4 Å². The average Bonchev–Trinajstić information content (AvgIpc) is 2.78. The highest BCUT2D eigenvalue weighted by molar-refractivity contribution is 6.32. The quantitative estimate of drug-likeness (QED) is 0.527. The summed E-state index contributed by atoms with van der Waals surface area (Å²) in [4.78, 5) is 3.96. The second-order valence-electron chi connectivity index (χ2n) is 3.69. The Hall–Kier alpha value is -2.49. The van der Waals surface area contributed by atoms with Crippen LogP contribution in [0.15, 0.2) is 26.8 Å². The number of amidine groups is 1. The van der Waals surface area contributed by atoms with Gasteiger partial charge in [-0.1, -0.05) is 16.7 Å². The van der Waals surface area contributed by atoms with Crippen molar-refractivity contribution in [3.8, 4) is 5.75 Å². The van der Waals surface area contributed by atoms with Crippen molar-refractivity contribution >= 4 is 41.5 Å². The summed E-state index contributed by atoms with van der Waals surface area (Å²) in [5.41, 5.74) is 0.234. The Labute approximate surface area is 126 Å². The van der Waals surface area contributed by atoms with E-state index >= 15 is 0 Å². The molecule has 0 atom stereocenters. The number of hydrogen-bond donors (Lipinski definition) is 1. The van der Waals surface area contributed by atoms with Gasteiger partial charge in [-0.05, 0) is 6.07 Å². The summed E-state index contributed by atoms with van der Waals surface area (Å²) in [7, 11) is 1.31. The van der Waals surface area contributed by atoms with Crippen molar-refractivity contribution in [2.24, 2.45) is 10.2 Å². The zero-order chi connectivity index (χ0) is 16.3. The largest absolute Gasteiger partial charge is 0.573 e. The maximum atomic E-state index is 12.2. The van der Waals surface area contributed by atoms with Gasteiger partial charge in [-0.15, -0.1) is 13.2 Å². The van der Waals surface area contributed by atoms with Crippen molar-refractivity contribution in [2.45, 2.75) is 6.36 Å². The first kappa shape index (κ1) is 15.9. The van der Waals surface area contributed by atoms with Gasteiger partial charge < -0.3 is 13.9 Å². The van der Waals surface area contributed by atoms with E-state index in [9.17, 15) is 13.2 Å². The number of hydrogen-bond acceptors (Lipinski definition) is 6. The molecular weight excluding hydrogens is 329 g/mol. The predicted molar refractivity (Wildman–Crippen MR) is 73.3 cm³/mol. The fourth-order valence-electron chi connectivity index (χ4n) is 1.46. The van der Waals surface area contributed by atoms with Crippen molar-refractivity contribution in [3.63, 3.8) is 0 Å². The van der Waals surface area contributed by atoms with Crippen LogP contribution in [-0.4, -0.2) is 31.2 Å². The molecule has 0 radical (unpaired) electrons. The fourth-order valence-corrected chi connectivity index (χ4v) is 1.66. The standard InChI is InChI=1S/C11H8ClF3N4O3/c1-16-19-10(20-2)18-9-17-6-3-5(12)7(4-8(6)21-9)22-11(13,14)15/h3-4H,1H2,2H3,(H,17,18,19). The summed E-state index contributed by atoms with van der Waals surface area (Å²) >= 11 is 5.70. The Morgan fingerprint density at radius 1 is 1.45 bits per heavy atom. The summed E-state index contributed by atoms with van der Waals surface area (Å²) < 4.78 is 50.5. The van der Waals surface area contributed by atoms with E-state index < -0.39 is 12.1 Å². The van der Waals surface area contributed by atoms with E-state index in [2.05, 4.69) is 32.0 Å². The van der Waals surface area contributed by atoms with E-state index in [1.54, 1.807) is 0 Å². The van der Waals surface area contributed by atoms with E-state index in [1.165, 1.54) is 13.2 Å². The van der Waals surface area contributed by atoms with Gasteiger partial charge in [0.2, 0.25) is 0 Å². The Kier molecular flexibility index (Phi) is 4.40. The van der Waals surface area contributed by atoms with Gasteiger partial charge in [0.15, 0.2) is 11.3 Å². The van der Waals surface area contributed by atoms with Crippen molar-refractivity contribution in [1.29, 1.82) is 0 Å². The molecule has 0 bridgehead atoms. The summed E-state index contributed by atoms with van der Waals surface area (Å²) in [5.74, 6) is -0.599. The van der Waals surface area contributed by atoms with Crippen LogP contribution in [0.4, 0.5) is 19.2 Å². The van der Waals surface area contributed by atoms with E-state index in [0.29, 0.717) is 0 Å². The molecule has 0 amide bonds. The first-order valence-electron chi connectivity index (χ1n) is 5.53. The summed E-state index contributed by atoms with van der Waals surface area (Å²) in [6.45, 7) is 3.14. The smallest absolute Gasteiger partial charge is 0.467 e. The van der Waals surface area contributed by atoms with Gasteiger partial charge in [-0.25, -0.2) is 0 Å². The molecule has 0 fully saturated rings. The summed E-state index contributed by atoms with van der Waals surface area (Å²) in [6.07, 6.45) is -4.87. The Balaban J connectivity index is 2.34. The molecule has 0 aliphatic rings. The molecule has 0 spiro atoms. The monoisotopic (exact) mass is 336 g/mol. The molecule has 2 aromatic rings. The number of aromatic nitrogens is 1. The van der Waals surface area contributed by atoms with Crippen LogP contribution >= 0.6 is 11.6 Å². The highest BCUT2D eigenvalue weighted by atomic mass is 35.5. The highest BCUT2D eigenvalue weighted by Gasteiger charge is 2.32. The van der Waals surface area contributed by atoms with Gasteiger partial charge in [0, 0.05) is 12.8 Å². The van der Waals surface area contributed by atoms with Crippen molar-refractivity contribution < 1.29 is 27.1 Å². The molecule has 1 aromatic heterocycles. The van der Waals surface area contributed by atoms with Crippen LogP contribution in [0.25, 0.3) is 11.1 Å². The van der Waals surface area contributed by atoms with Crippen LogP contribution in [0.5, 0.6) is 5.75 Å². The van der Waals surface area contributed by atoms with Crippen LogP contribution in [0.3, 0.4) is 0 Å². The molecule has 22 heavy (non-hydrogen) atoms. The number of benzene rings is 1. The number of methoxy groups -OCH3 is 1. The van der Waals surface area contributed by atoms with Gasteiger partial charge in [0.05, 0.1) is 12.1 Å². The lowest BCUT2D eigenvalue weighted by Crippen LogP contribution is -2.17. The van der Waals surface area contributed by atoms with Gasteiger partial charge in [0.25, 0.3) is 0 Å². The molecule has 7 nitrogen and oxygen atoms in total. The van der Waals surface area contributed by atoms with Crippen molar-refractivity contribution in [3.05, 3.63) is 17.2 Å². The third-order valence-corrected chi connectivity index (χ3v) is 2.53. The van der Waals surface area contributed by atoms with E-state index in [4.69, 9.17) is 20.8 Å². The van der Waals surface area contributed by atoms with Gasteiger partial charge in [-0.3, -0.25) is 5.32 Å². The van der Waals surface area contributed by atoms with Crippen molar-refractivity contribution in [1.82, 2.24) is 4.98 Å². The number of nitrogens with one attached hydrogen (secondary N) is 1. The number of ether oxygens (including phenoxy) is 2. The second kappa shape index (κ2) is 6.10. The molecule has 1 N–H and O–H groups in total. The molecular formula is C11H8ClF3N4O3. The number of oxazole rings is 1.